The second-order valence-electron chi connectivity index (χ2n) is 4.32. The van der Waals surface area contributed by atoms with Gasteiger partial charge in [-0.1, -0.05) is 50.1 Å². The predicted molar refractivity (Wildman–Crippen MR) is 85.6 cm³/mol. The van der Waals surface area contributed by atoms with E-state index >= 15 is 0 Å². The zero-order valence-corrected chi connectivity index (χ0v) is 14.0. The lowest BCUT2D eigenvalue weighted by Crippen LogP contribution is -2.14. The van der Waals surface area contributed by atoms with Crippen LogP contribution in [-0.2, 0) is 0 Å². The van der Waals surface area contributed by atoms with Crippen molar-refractivity contribution in [2.75, 3.05) is 7.11 Å². The summed E-state index contributed by atoms with van der Waals surface area (Å²) in [5.74, 6) is 0.814. The van der Waals surface area contributed by atoms with E-state index < -0.39 is 0 Å². The van der Waals surface area contributed by atoms with Gasteiger partial charge < -0.3 is 10.5 Å². The SMILES string of the molecule is COc1ccc(C(N)c2cccc(Br)c2C)c(Br)c1. The molecule has 19 heavy (non-hydrogen) atoms. The van der Waals surface area contributed by atoms with Gasteiger partial charge in [0.25, 0.3) is 0 Å². The van der Waals surface area contributed by atoms with E-state index in [4.69, 9.17) is 10.5 Å². The lowest BCUT2D eigenvalue weighted by molar-refractivity contribution is 0.414. The van der Waals surface area contributed by atoms with E-state index in [9.17, 15) is 0 Å². The van der Waals surface area contributed by atoms with Gasteiger partial charge in [0.05, 0.1) is 13.2 Å². The van der Waals surface area contributed by atoms with Gasteiger partial charge in [0.1, 0.15) is 5.75 Å². The summed E-state index contributed by atoms with van der Waals surface area (Å²) in [4.78, 5) is 0. The molecule has 1 unspecified atom stereocenters. The minimum atomic E-state index is -0.169. The average Bonchev–Trinajstić information content (AvgIpc) is 2.41. The molecule has 2 nitrogen and oxygen atoms in total. The summed E-state index contributed by atoms with van der Waals surface area (Å²) in [5.41, 5.74) is 9.71. The van der Waals surface area contributed by atoms with E-state index in [1.165, 1.54) is 0 Å². The molecule has 100 valence electrons. The monoisotopic (exact) mass is 383 g/mol. The fraction of sp³-hybridized carbons (Fsp3) is 0.200. The molecule has 0 aliphatic rings. The first-order valence-corrected chi connectivity index (χ1v) is 7.47. The molecule has 0 heterocycles. The van der Waals surface area contributed by atoms with Gasteiger partial charge in [-0.15, -0.1) is 0 Å². The largest absolute Gasteiger partial charge is 0.497 e. The minimum Gasteiger partial charge on any atom is -0.497 e. The van der Waals surface area contributed by atoms with Crippen molar-refractivity contribution < 1.29 is 4.74 Å². The molecule has 0 aromatic heterocycles. The third-order valence-electron chi connectivity index (χ3n) is 3.19. The molecule has 0 spiro atoms. The van der Waals surface area contributed by atoms with Gasteiger partial charge in [-0.2, -0.15) is 0 Å². The van der Waals surface area contributed by atoms with Crippen molar-refractivity contribution in [3.8, 4) is 5.75 Å². The predicted octanol–water partition coefficient (Wildman–Crippen LogP) is 4.58. The summed E-state index contributed by atoms with van der Waals surface area (Å²) in [7, 11) is 1.65. The smallest absolute Gasteiger partial charge is 0.120 e. The Labute approximate surface area is 130 Å². The maximum Gasteiger partial charge on any atom is 0.120 e. The van der Waals surface area contributed by atoms with Gasteiger partial charge in [0.15, 0.2) is 0 Å². The fourth-order valence-corrected chi connectivity index (χ4v) is 3.00. The van der Waals surface area contributed by atoms with Crippen LogP contribution in [0, 0.1) is 6.92 Å². The van der Waals surface area contributed by atoms with Crippen molar-refractivity contribution in [2.45, 2.75) is 13.0 Å². The molecule has 2 aromatic rings. The van der Waals surface area contributed by atoms with Crippen LogP contribution in [0.15, 0.2) is 45.3 Å². The van der Waals surface area contributed by atoms with Gasteiger partial charge >= 0.3 is 0 Å². The summed E-state index contributed by atoms with van der Waals surface area (Å²) in [6.45, 7) is 2.07. The zero-order valence-electron chi connectivity index (χ0n) is 10.8. The van der Waals surface area contributed by atoms with Crippen LogP contribution in [0.3, 0.4) is 0 Å². The molecule has 0 amide bonds. The molecule has 0 bridgehead atoms. The molecule has 0 fully saturated rings. The first-order chi connectivity index (χ1) is 9.04. The van der Waals surface area contributed by atoms with E-state index in [1.807, 2.05) is 30.3 Å². The summed E-state index contributed by atoms with van der Waals surface area (Å²) in [5, 5.41) is 0. The Kier molecular flexibility index (Phi) is 4.66. The number of rotatable bonds is 3. The lowest BCUT2D eigenvalue weighted by atomic mass is 9.96. The molecule has 0 saturated heterocycles. The Hall–Kier alpha value is -0.840. The summed E-state index contributed by atoms with van der Waals surface area (Å²) in [6.07, 6.45) is 0. The van der Waals surface area contributed by atoms with E-state index in [0.717, 1.165) is 31.4 Å². The fourth-order valence-electron chi connectivity index (χ4n) is 2.02. The van der Waals surface area contributed by atoms with E-state index in [1.54, 1.807) is 7.11 Å². The Morgan fingerprint density at radius 1 is 1.05 bits per heavy atom. The number of hydrogen-bond acceptors (Lipinski definition) is 2. The van der Waals surface area contributed by atoms with Crippen molar-refractivity contribution in [3.05, 3.63) is 62.0 Å². The quantitative estimate of drug-likeness (QED) is 0.840. The summed E-state index contributed by atoms with van der Waals surface area (Å²) in [6, 6.07) is 11.8. The third kappa shape index (κ3) is 3.02. The van der Waals surface area contributed by atoms with Crippen LogP contribution < -0.4 is 10.5 Å². The highest BCUT2D eigenvalue weighted by Gasteiger charge is 2.15. The van der Waals surface area contributed by atoms with Gasteiger partial charge in [-0.3, -0.25) is 0 Å². The zero-order chi connectivity index (χ0) is 14.0. The van der Waals surface area contributed by atoms with Gasteiger partial charge in [-0.25, -0.2) is 0 Å². The molecular weight excluding hydrogens is 370 g/mol. The maximum atomic E-state index is 6.39. The highest BCUT2D eigenvalue weighted by molar-refractivity contribution is 9.10. The summed E-state index contributed by atoms with van der Waals surface area (Å²) >= 11 is 7.10. The molecule has 2 rings (SSSR count). The molecule has 0 aliphatic heterocycles. The van der Waals surface area contributed by atoms with Crippen LogP contribution >= 0.6 is 31.9 Å². The summed E-state index contributed by atoms with van der Waals surface area (Å²) < 4.78 is 7.23. The number of ether oxygens (including phenoxy) is 1. The molecule has 0 aliphatic carbocycles. The van der Waals surface area contributed by atoms with Crippen molar-refractivity contribution in [1.82, 2.24) is 0 Å². The van der Waals surface area contributed by atoms with Crippen LogP contribution in [0.25, 0.3) is 0 Å². The molecule has 4 heteroatoms. The molecule has 0 radical (unpaired) electrons. The topological polar surface area (TPSA) is 35.2 Å². The van der Waals surface area contributed by atoms with Crippen molar-refractivity contribution in [1.29, 1.82) is 0 Å². The number of halogens is 2. The number of methoxy groups -OCH3 is 1. The van der Waals surface area contributed by atoms with Crippen LogP contribution in [0.5, 0.6) is 5.75 Å². The second kappa shape index (κ2) is 6.07. The molecular formula is C15H15Br2NO. The number of benzene rings is 2. The van der Waals surface area contributed by atoms with Gasteiger partial charge in [0.2, 0.25) is 0 Å². The number of hydrogen-bond donors (Lipinski definition) is 1. The van der Waals surface area contributed by atoms with E-state index in [0.29, 0.717) is 0 Å². The Bertz CT molecular complexity index is 599. The van der Waals surface area contributed by atoms with E-state index in [2.05, 4.69) is 44.8 Å². The first kappa shape index (κ1) is 14.6. The van der Waals surface area contributed by atoms with Crippen LogP contribution in [0.2, 0.25) is 0 Å². The van der Waals surface area contributed by atoms with Crippen LogP contribution in [0.4, 0.5) is 0 Å². The van der Waals surface area contributed by atoms with Crippen LogP contribution in [0.1, 0.15) is 22.7 Å². The Balaban J connectivity index is 2.44. The Morgan fingerprint density at radius 3 is 2.42 bits per heavy atom. The minimum absolute atomic E-state index is 0.169. The molecule has 1 atom stereocenters. The normalized spacial score (nSPS) is 12.3. The van der Waals surface area contributed by atoms with Crippen molar-refractivity contribution in [3.63, 3.8) is 0 Å². The maximum absolute atomic E-state index is 6.39. The highest BCUT2D eigenvalue weighted by Crippen LogP contribution is 2.32. The Morgan fingerprint density at radius 2 is 1.79 bits per heavy atom. The molecule has 2 aromatic carbocycles. The standard InChI is InChI=1S/C15H15Br2NO/c1-9-11(4-3-5-13(9)16)15(18)12-7-6-10(19-2)8-14(12)17/h3-8,15H,18H2,1-2H3. The first-order valence-electron chi connectivity index (χ1n) is 5.88. The lowest BCUT2D eigenvalue weighted by Gasteiger charge is -2.18. The van der Waals surface area contributed by atoms with Crippen molar-refractivity contribution in [2.24, 2.45) is 5.73 Å². The van der Waals surface area contributed by atoms with Crippen LogP contribution in [-0.4, -0.2) is 7.11 Å². The highest BCUT2D eigenvalue weighted by atomic mass is 79.9. The van der Waals surface area contributed by atoms with Crippen molar-refractivity contribution >= 4 is 31.9 Å². The molecule has 0 saturated carbocycles. The molecule has 2 N–H and O–H groups in total. The average molecular weight is 385 g/mol. The van der Waals surface area contributed by atoms with E-state index in [-0.39, 0.29) is 6.04 Å². The second-order valence-corrected chi connectivity index (χ2v) is 6.03. The number of nitrogens with two attached hydrogens (primary N) is 1. The third-order valence-corrected chi connectivity index (χ3v) is 4.73. The van der Waals surface area contributed by atoms with Gasteiger partial charge in [-0.05, 0) is 41.8 Å². The van der Waals surface area contributed by atoms with Gasteiger partial charge in [0, 0.05) is 8.95 Å².